The quantitative estimate of drug-likeness (QED) is 0.857. The molecule has 0 radical (unpaired) electrons. The fourth-order valence-electron chi connectivity index (χ4n) is 2.70. The number of hydrogen-bond donors (Lipinski definition) is 1. The Bertz CT molecular complexity index is 514. The minimum atomic E-state index is 0.416. The second kappa shape index (κ2) is 7.20. The number of rotatable bonds is 6. The fraction of sp³-hybridized carbons (Fsp3) is 0.389. The van der Waals surface area contributed by atoms with Crippen LogP contribution >= 0.6 is 0 Å². The molecule has 2 aromatic rings. The Morgan fingerprint density at radius 2 is 1.70 bits per heavy atom. The summed E-state index contributed by atoms with van der Waals surface area (Å²) in [4.78, 5) is 4.45. The lowest BCUT2D eigenvalue weighted by Gasteiger charge is -2.17. The molecule has 1 heterocycles. The van der Waals surface area contributed by atoms with Gasteiger partial charge in [-0.05, 0) is 63.4 Å². The van der Waals surface area contributed by atoms with Crippen molar-refractivity contribution in [3.05, 3.63) is 65.0 Å². The van der Waals surface area contributed by atoms with Crippen LogP contribution < -0.4 is 5.32 Å². The molecule has 0 aliphatic carbocycles. The van der Waals surface area contributed by atoms with Gasteiger partial charge in [-0.1, -0.05) is 30.3 Å². The van der Waals surface area contributed by atoms with Crippen LogP contribution in [-0.4, -0.2) is 12.0 Å². The molecule has 1 atom stereocenters. The zero-order valence-electron chi connectivity index (χ0n) is 12.7. The molecule has 2 rings (SSSR count). The molecule has 0 aliphatic rings. The maximum absolute atomic E-state index is 4.45. The summed E-state index contributed by atoms with van der Waals surface area (Å²) in [6.45, 7) is 4.13. The van der Waals surface area contributed by atoms with E-state index >= 15 is 0 Å². The molecule has 1 aromatic carbocycles. The topological polar surface area (TPSA) is 24.9 Å². The number of aryl methyl sites for hydroxylation is 3. The van der Waals surface area contributed by atoms with Gasteiger partial charge in [0.2, 0.25) is 0 Å². The van der Waals surface area contributed by atoms with Crippen LogP contribution in [0.4, 0.5) is 0 Å². The van der Waals surface area contributed by atoms with Crippen LogP contribution in [0.25, 0.3) is 0 Å². The van der Waals surface area contributed by atoms with Crippen molar-refractivity contribution in [2.24, 2.45) is 0 Å². The normalized spacial score (nSPS) is 12.3. The molecule has 106 valence electrons. The monoisotopic (exact) mass is 268 g/mol. The Labute approximate surface area is 122 Å². The standard InChI is InChI=1S/C18H24N2/c1-14-12-17(13-15(2)20-14)18(19-3)11-7-10-16-8-5-4-6-9-16/h4-6,8-9,12-13,18-19H,7,10-11H2,1-3H3. The molecule has 0 bridgehead atoms. The molecule has 0 amide bonds. The highest BCUT2D eigenvalue weighted by Gasteiger charge is 2.10. The van der Waals surface area contributed by atoms with Crippen molar-refractivity contribution >= 4 is 0 Å². The summed E-state index contributed by atoms with van der Waals surface area (Å²) in [5.41, 5.74) is 4.97. The van der Waals surface area contributed by atoms with Gasteiger partial charge in [-0.2, -0.15) is 0 Å². The van der Waals surface area contributed by atoms with Gasteiger partial charge in [0.25, 0.3) is 0 Å². The minimum Gasteiger partial charge on any atom is -0.313 e. The van der Waals surface area contributed by atoms with Crippen molar-refractivity contribution in [1.82, 2.24) is 10.3 Å². The Morgan fingerprint density at radius 1 is 1.05 bits per heavy atom. The molecule has 1 unspecified atom stereocenters. The lowest BCUT2D eigenvalue weighted by Crippen LogP contribution is -2.17. The zero-order chi connectivity index (χ0) is 14.4. The number of pyridine rings is 1. The van der Waals surface area contributed by atoms with Crippen molar-refractivity contribution in [3.8, 4) is 0 Å². The molecule has 0 spiro atoms. The maximum Gasteiger partial charge on any atom is 0.0379 e. The largest absolute Gasteiger partial charge is 0.313 e. The first-order valence-electron chi connectivity index (χ1n) is 7.35. The van der Waals surface area contributed by atoms with Gasteiger partial charge >= 0.3 is 0 Å². The van der Waals surface area contributed by atoms with Crippen molar-refractivity contribution in [3.63, 3.8) is 0 Å². The van der Waals surface area contributed by atoms with Crippen molar-refractivity contribution in [2.75, 3.05) is 7.05 Å². The highest BCUT2D eigenvalue weighted by Crippen LogP contribution is 2.20. The van der Waals surface area contributed by atoms with Crippen molar-refractivity contribution < 1.29 is 0 Å². The Hall–Kier alpha value is -1.67. The van der Waals surface area contributed by atoms with E-state index in [9.17, 15) is 0 Å². The first-order chi connectivity index (χ1) is 9.69. The van der Waals surface area contributed by atoms with Crippen LogP contribution in [0.3, 0.4) is 0 Å². The third-order valence-electron chi connectivity index (χ3n) is 3.66. The minimum absolute atomic E-state index is 0.416. The number of aromatic nitrogens is 1. The molecule has 20 heavy (non-hydrogen) atoms. The summed E-state index contributed by atoms with van der Waals surface area (Å²) in [5.74, 6) is 0. The van der Waals surface area contributed by atoms with E-state index in [2.05, 4.69) is 66.6 Å². The predicted octanol–water partition coefficient (Wildman–Crippen LogP) is 3.98. The third kappa shape index (κ3) is 4.17. The fourth-order valence-corrected chi connectivity index (χ4v) is 2.70. The first-order valence-corrected chi connectivity index (χ1v) is 7.35. The smallest absolute Gasteiger partial charge is 0.0379 e. The lowest BCUT2D eigenvalue weighted by atomic mass is 9.98. The van der Waals surface area contributed by atoms with E-state index in [4.69, 9.17) is 0 Å². The average Bonchev–Trinajstić information content (AvgIpc) is 2.43. The van der Waals surface area contributed by atoms with E-state index < -0.39 is 0 Å². The van der Waals surface area contributed by atoms with Crippen molar-refractivity contribution in [1.29, 1.82) is 0 Å². The Kier molecular flexibility index (Phi) is 5.31. The van der Waals surface area contributed by atoms with Crippen LogP contribution in [-0.2, 0) is 6.42 Å². The Morgan fingerprint density at radius 3 is 2.30 bits per heavy atom. The van der Waals surface area contributed by atoms with Crippen LogP contribution in [0, 0.1) is 13.8 Å². The van der Waals surface area contributed by atoms with E-state index in [1.807, 2.05) is 7.05 Å². The summed E-state index contributed by atoms with van der Waals surface area (Å²) >= 11 is 0. The predicted molar refractivity (Wildman–Crippen MR) is 84.9 cm³/mol. The van der Waals surface area contributed by atoms with Gasteiger partial charge in [-0.25, -0.2) is 0 Å². The van der Waals surface area contributed by atoms with Crippen molar-refractivity contribution in [2.45, 2.75) is 39.2 Å². The van der Waals surface area contributed by atoms with Crippen LogP contribution in [0.1, 0.15) is 41.4 Å². The van der Waals surface area contributed by atoms with Crippen LogP contribution in [0.2, 0.25) is 0 Å². The van der Waals surface area contributed by atoms with E-state index in [1.165, 1.54) is 17.5 Å². The van der Waals surface area contributed by atoms with E-state index in [0.717, 1.165) is 24.2 Å². The highest BCUT2D eigenvalue weighted by molar-refractivity contribution is 5.23. The molecule has 0 aliphatic heterocycles. The summed E-state index contributed by atoms with van der Waals surface area (Å²) in [6.07, 6.45) is 3.48. The van der Waals surface area contributed by atoms with Gasteiger partial charge in [-0.15, -0.1) is 0 Å². The SMILES string of the molecule is CNC(CCCc1ccccc1)c1cc(C)nc(C)c1. The van der Waals surface area contributed by atoms with E-state index in [1.54, 1.807) is 0 Å². The molecule has 2 heteroatoms. The van der Waals surface area contributed by atoms with Crippen LogP contribution in [0.5, 0.6) is 0 Å². The molecular formula is C18H24N2. The summed E-state index contributed by atoms with van der Waals surface area (Å²) in [5, 5.41) is 3.43. The van der Waals surface area contributed by atoms with Gasteiger partial charge in [0.15, 0.2) is 0 Å². The maximum atomic E-state index is 4.45. The summed E-state index contributed by atoms with van der Waals surface area (Å²) < 4.78 is 0. The van der Waals surface area contributed by atoms with E-state index in [-0.39, 0.29) is 0 Å². The average molecular weight is 268 g/mol. The summed E-state index contributed by atoms with van der Waals surface area (Å²) in [7, 11) is 2.04. The summed E-state index contributed by atoms with van der Waals surface area (Å²) in [6, 6.07) is 15.5. The number of hydrogen-bond acceptors (Lipinski definition) is 2. The molecular weight excluding hydrogens is 244 g/mol. The Balaban J connectivity index is 1.95. The highest BCUT2D eigenvalue weighted by atomic mass is 14.9. The number of benzene rings is 1. The van der Waals surface area contributed by atoms with Gasteiger partial charge in [0, 0.05) is 17.4 Å². The number of nitrogens with one attached hydrogen (secondary N) is 1. The molecule has 2 nitrogen and oxygen atoms in total. The third-order valence-corrected chi connectivity index (χ3v) is 3.66. The zero-order valence-corrected chi connectivity index (χ0v) is 12.7. The first kappa shape index (κ1) is 14.7. The van der Waals surface area contributed by atoms with Gasteiger partial charge in [-0.3, -0.25) is 4.98 Å². The van der Waals surface area contributed by atoms with Gasteiger partial charge in [0.05, 0.1) is 0 Å². The molecule has 0 saturated heterocycles. The van der Waals surface area contributed by atoms with Gasteiger partial charge < -0.3 is 5.32 Å². The molecule has 1 aromatic heterocycles. The van der Waals surface area contributed by atoms with Gasteiger partial charge in [0.1, 0.15) is 0 Å². The second-order valence-electron chi connectivity index (χ2n) is 5.40. The lowest BCUT2D eigenvalue weighted by molar-refractivity contribution is 0.526. The second-order valence-corrected chi connectivity index (χ2v) is 5.40. The molecule has 0 fully saturated rings. The molecule has 1 N–H and O–H groups in total. The van der Waals surface area contributed by atoms with Crippen LogP contribution in [0.15, 0.2) is 42.5 Å². The molecule has 0 saturated carbocycles. The van der Waals surface area contributed by atoms with E-state index in [0.29, 0.717) is 6.04 Å². The number of nitrogens with zero attached hydrogens (tertiary/aromatic N) is 1.